The fraction of sp³-hybridized carbons (Fsp3) is 0.368. The highest BCUT2D eigenvalue weighted by atomic mass is 32.2. The fourth-order valence-electron chi connectivity index (χ4n) is 3.34. The molecule has 0 unspecified atom stereocenters. The number of nitrogens with zero attached hydrogens (tertiary/aromatic N) is 2. The van der Waals surface area contributed by atoms with Crippen molar-refractivity contribution >= 4 is 10.0 Å². The summed E-state index contributed by atoms with van der Waals surface area (Å²) in [7, 11) is -1.89. The lowest BCUT2D eigenvalue weighted by molar-refractivity contribution is 0.173. The minimum Gasteiger partial charge on any atom is -0.497 e. The zero-order chi connectivity index (χ0) is 18.9. The minimum atomic E-state index is -3.54. The van der Waals surface area contributed by atoms with Crippen LogP contribution >= 0.6 is 0 Å². The van der Waals surface area contributed by atoms with Gasteiger partial charge in [0.2, 0.25) is 16.8 Å². The van der Waals surface area contributed by atoms with Crippen molar-refractivity contribution in [3.63, 3.8) is 0 Å². The highest BCUT2D eigenvalue weighted by molar-refractivity contribution is 7.89. The molecular formula is C19H22N2O5S. The summed E-state index contributed by atoms with van der Waals surface area (Å²) in [5.41, 5.74) is 1.15. The van der Waals surface area contributed by atoms with Crippen molar-refractivity contribution < 1.29 is 22.6 Å². The normalized spacial score (nSPS) is 17.8. The summed E-state index contributed by atoms with van der Waals surface area (Å²) in [5, 5.41) is 0. The molecular weight excluding hydrogens is 368 g/mol. The molecule has 0 aromatic heterocycles. The molecule has 0 aliphatic carbocycles. The number of piperazine rings is 1. The number of methoxy groups -OCH3 is 1. The van der Waals surface area contributed by atoms with Gasteiger partial charge in [0.25, 0.3) is 0 Å². The maximum atomic E-state index is 12.9. The van der Waals surface area contributed by atoms with E-state index in [1.807, 2.05) is 18.2 Å². The molecule has 0 N–H and O–H groups in total. The van der Waals surface area contributed by atoms with Crippen molar-refractivity contribution in [3.05, 3.63) is 48.0 Å². The quantitative estimate of drug-likeness (QED) is 0.777. The Labute approximate surface area is 159 Å². The second kappa shape index (κ2) is 7.38. The molecule has 2 aliphatic heterocycles. The van der Waals surface area contributed by atoms with Crippen LogP contribution in [0.15, 0.2) is 47.4 Å². The molecule has 1 fully saturated rings. The van der Waals surface area contributed by atoms with E-state index in [0.717, 1.165) is 17.9 Å². The van der Waals surface area contributed by atoms with E-state index in [-0.39, 0.29) is 11.7 Å². The molecule has 0 amide bonds. The van der Waals surface area contributed by atoms with Gasteiger partial charge in [-0.05, 0) is 29.8 Å². The van der Waals surface area contributed by atoms with Gasteiger partial charge in [0.05, 0.1) is 12.0 Å². The summed E-state index contributed by atoms with van der Waals surface area (Å²) in [6.07, 6.45) is 0. The standard InChI is InChI=1S/C19H22N2O5S/c1-24-16-4-2-3-15(11-16)13-20-7-9-21(10-8-20)27(22,23)17-5-6-18-19(12-17)26-14-25-18/h2-6,11-12H,7-10,13-14H2,1H3. The second-order valence-corrected chi connectivity index (χ2v) is 8.48. The fourth-order valence-corrected chi connectivity index (χ4v) is 4.78. The molecule has 1 saturated heterocycles. The molecule has 0 spiro atoms. The first-order chi connectivity index (χ1) is 13.1. The Morgan fingerprint density at radius 1 is 1.00 bits per heavy atom. The van der Waals surface area contributed by atoms with Crippen LogP contribution in [0.5, 0.6) is 17.2 Å². The number of benzene rings is 2. The molecule has 2 heterocycles. The third-order valence-electron chi connectivity index (χ3n) is 4.85. The van der Waals surface area contributed by atoms with E-state index in [4.69, 9.17) is 14.2 Å². The van der Waals surface area contributed by atoms with Crippen LogP contribution in [0, 0.1) is 0 Å². The average Bonchev–Trinajstić information content (AvgIpc) is 3.16. The maximum absolute atomic E-state index is 12.9. The largest absolute Gasteiger partial charge is 0.497 e. The van der Waals surface area contributed by atoms with Gasteiger partial charge in [-0.2, -0.15) is 4.31 Å². The van der Waals surface area contributed by atoms with Crippen LogP contribution in [0.2, 0.25) is 0 Å². The van der Waals surface area contributed by atoms with Crippen LogP contribution in [-0.4, -0.2) is 57.7 Å². The molecule has 0 atom stereocenters. The Morgan fingerprint density at radius 2 is 1.78 bits per heavy atom. The van der Waals surface area contributed by atoms with E-state index in [1.165, 1.54) is 4.31 Å². The SMILES string of the molecule is COc1cccc(CN2CCN(S(=O)(=O)c3ccc4c(c3)OCO4)CC2)c1. The van der Waals surface area contributed by atoms with Crippen LogP contribution in [0.4, 0.5) is 0 Å². The molecule has 0 saturated carbocycles. The lowest BCUT2D eigenvalue weighted by Crippen LogP contribution is -2.48. The van der Waals surface area contributed by atoms with Gasteiger partial charge in [0.15, 0.2) is 11.5 Å². The van der Waals surface area contributed by atoms with Gasteiger partial charge in [0.1, 0.15) is 5.75 Å². The molecule has 2 aromatic carbocycles. The third-order valence-corrected chi connectivity index (χ3v) is 6.75. The van der Waals surface area contributed by atoms with Crippen LogP contribution in [-0.2, 0) is 16.6 Å². The summed E-state index contributed by atoms with van der Waals surface area (Å²) < 4.78 is 43.2. The first-order valence-corrected chi connectivity index (χ1v) is 10.3. The summed E-state index contributed by atoms with van der Waals surface area (Å²) in [6.45, 7) is 3.18. The van der Waals surface area contributed by atoms with Crippen molar-refractivity contribution in [2.45, 2.75) is 11.4 Å². The number of hydrogen-bond acceptors (Lipinski definition) is 6. The van der Waals surface area contributed by atoms with Crippen LogP contribution in [0.25, 0.3) is 0 Å². The predicted octanol–water partition coefficient (Wildman–Crippen LogP) is 1.93. The molecule has 0 bridgehead atoms. The molecule has 8 heteroatoms. The maximum Gasteiger partial charge on any atom is 0.243 e. The Balaban J connectivity index is 1.41. The third kappa shape index (κ3) is 3.73. The smallest absolute Gasteiger partial charge is 0.243 e. The minimum absolute atomic E-state index is 0.127. The number of ether oxygens (including phenoxy) is 3. The van der Waals surface area contributed by atoms with Gasteiger partial charge in [-0.25, -0.2) is 8.42 Å². The van der Waals surface area contributed by atoms with E-state index in [1.54, 1.807) is 25.3 Å². The number of hydrogen-bond donors (Lipinski definition) is 0. The lowest BCUT2D eigenvalue weighted by atomic mass is 10.2. The van der Waals surface area contributed by atoms with Crippen molar-refractivity contribution in [1.29, 1.82) is 0 Å². The van der Waals surface area contributed by atoms with Gasteiger partial charge in [-0.1, -0.05) is 12.1 Å². The molecule has 0 radical (unpaired) electrons. The number of sulfonamides is 1. The number of fused-ring (bicyclic) bond motifs is 1. The highest BCUT2D eigenvalue weighted by Gasteiger charge is 2.30. The average molecular weight is 390 g/mol. The number of rotatable bonds is 5. The van der Waals surface area contributed by atoms with Gasteiger partial charge >= 0.3 is 0 Å². The molecule has 2 aromatic rings. The van der Waals surface area contributed by atoms with Gasteiger partial charge in [0, 0.05) is 38.8 Å². The Kier molecular flexibility index (Phi) is 4.94. The van der Waals surface area contributed by atoms with Gasteiger partial charge < -0.3 is 14.2 Å². The van der Waals surface area contributed by atoms with E-state index in [0.29, 0.717) is 37.7 Å². The summed E-state index contributed by atoms with van der Waals surface area (Å²) >= 11 is 0. The predicted molar refractivity (Wildman–Crippen MR) is 99.6 cm³/mol. The first kappa shape index (κ1) is 18.1. The van der Waals surface area contributed by atoms with Crippen LogP contribution < -0.4 is 14.2 Å². The van der Waals surface area contributed by atoms with E-state index in [2.05, 4.69) is 11.0 Å². The molecule has 144 valence electrons. The van der Waals surface area contributed by atoms with Crippen molar-refractivity contribution in [1.82, 2.24) is 9.21 Å². The lowest BCUT2D eigenvalue weighted by Gasteiger charge is -2.34. The second-order valence-electron chi connectivity index (χ2n) is 6.55. The Morgan fingerprint density at radius 3 is 2.56 bits per heavy atom. The molecule has 2 aliphatic rings. The highest BCUT2D eigenvalue weighted by Crippen LogP contribution is 2.34. The van der Waals surface area contributed by atoms with Crippen molar-refractivity contribution in [2.24, 2.45) is 0 Å². The Bertz CT molecular complexity index is 923. The van der Waals surface area contributed by atoms with E-state index in [9.17, 15) is 8.42 Å². The van der Waals surface area contributed by atoms with Gasteiger partial charge in [-0.15, -0.1) is 0 Å². The van der Waals surface area contributed by atoms with Crippen LogP contribution in [0.1, 0.15) is 5.56 Å². The van der Waals surface area contributed by atoms with Crippen LogP contribution in [0.3, 0.4) is 0 Å². The Hall–Kier alpha value is -2.29. The zero-order valence-corrected chi connectivity index (χ0v) is 15.9. The molecule has 7 nitrogen and oxygen atoms in total. The molecule has 27 heavy (non-hydrogen) atoms. The summed E-state index contributed by atoms with van der Waals surface area (Å²) in [4.78, 5) is 2.49. The monoisotopic (exact) mass is 390 g/mol. The van der Waals surface area contributed by atoms with E-state index >= 15 is 0 Å². The molecule has 4 rings (SSSR count). The van der Waals surface area contributed by atoms with Crippen molar-refractivity contribution in [3.8, 4) is 17.2 Å². The van der Waals surface area contributed by atoms with E-state index < -0.39 is 10.0 Å². The zero-order valence-electron chi connectivity index (χ0n) is 15.1. The summed E-state index contributed by atoms with van der Waals surface area (Å²) in [6, 6.07) is 12.7. The van der Waals surface area contributed by atoms with Gasteiger partial charge in [-0.3, -0.25) is 4.90 Å². The summed E-state index contributed by atoms with van der Waals surface area (Å²) in [5.74, 6) is 1.89. The van der Waals surface area contributed by atoms with Crippen molar-refractivity contribution in [2.75, 3.05) is 40.1 Å². The topological polar surface area (TPSA) is 68.3 Å². The first-order valence-electron chi connectivity index (χ1n) is 8.81.